The van der Waals surface area contributed by atoms with Crippen molar-refractivity contribution in [3.05, 3.63) is 88.9 Å². The van der Waals surface area contributed by atoms with Crippen molar-refractivity contribution in [1.29, 1.82) is 0 Å². The number of anilines is 1. The molecule has 1 saturated carbocycles. The maximum absolute atomic E-state index is 14.2. The summed E-state index contributed by atoms with van der Waals surface area (Å²) < 4.78 is 37.8. The summed E-state index contributed by atoms with van der Waals surface area (Å²) in [5, 5.41) is 3.65. The summed E-state index contributed by atoms with van der Waals surface area (Å²) in [7, 11) is -3.90. The van der Waals surface area contributed by atoms with E-state index in [9.17, 15) is 18.0 Å². The number of fused-ring (bicyclic) bond motifs is 1. The summed E-state index contributed by atoms with van der Waals surface area (Å²) in [5.74, 6) is 0.0885. The van der Waals surface area contributed by atoms with Crippen molar-refractivity contribution in [1.82, 2.24) is 10.2 Å². The summed E-state index contributed by atoms with van der Waals surface area (Å²) in [6.45, 7) is -0.421. The van der Waals surface area contributed by atoms with Gasteiger partial charge in [0.1, 0.15) is 12.6 Å². The Morgan fingerprint density at radius 3 is 2.38 bits per heavy atom. The molecule has 0 saturated heterocycles. The summed E-state index contributed by atoms with van der Waals surface area (Å²) in [6.07, 6.45) is 5.15. The highest BCUT2D eigenvalue weighted by Crippen LogP contribution is 2.36. The fraction of sp³-hybridized carbons (Fsp3) is 0.355. The first kappa shape index (κ1) is 29.7. The lowest BCUT2D eigenvalue weighted by atomic mass is 10.0. The normalized spacial score (nSPS) is 15.3. The zero-order valence-corrected chi connectivity index (χ0v) is 24.9. The molecular weight excluding hydrogens is 578 g/mol. The Balaban J connectivity index is 1.50. The van der Waals surface area contributed by atoms with E-state index in [1.165, 1.54) is 11.0 Å². The lowest BCUT2D eigenvalue weighted by Crippen LogP contribution is -2.54. The Kier molecular flexibility index (Phi) is 9.23. The first-order chi connectivity index (χ1) is 20.2. The number of carbonyl (C=O) groups is 2. The van der Waals surface area contributed by atoms with Crippen LogP contribution in [-0.2, 0) is 32.6 Å². The number of hydrogen-bond donors (Lipinski definition) is 1. The van der Waals surface area contributed by atoms with Gasteiger partial charge in [0.05, 0.1) is 11.9 Å². The minimum absolute atomic E-state index is 0.0290. The van der Waals surface area contributed by atoms with Gasteiger partial charge >= 0.3 is 0 Å². The van der Waals surface area contributed by atoms with E-state index in [4.69, 9.17) is 21.1 Å². The standard InChI is InChI=1S/C31H34ClN3O6S/c1-42(38,39)35(26-14-15-28-29(18-26)41-21-40-28)20-30(36)34(19-23-10-7-11-24(32)16-23)27(17-22-8-3-2-4-9-22)31(37)33-25-12-5-6-13-25/h2-4,7-11,14-16,18,25,27H,5-6,12-13,17,19-21H2,1H3,(H,33,37). The quantitative estimate of drug-likeness (QED) is 0.342. The molecule has 1 heterocycles. The van der Waals surface area contributed by atoms with Crippen LogP contribution in [-0.4, -0.2) is 56.8 Å². The van der Waals surface area contributed by atoms with Gasteiger partial charge in [-0.3, -0.25) is 13.9 Å². The van der Waals surface area contributed by atoms with E-state index in [0.717, 1.165) is 47.4 Å². The average Bonchev–Trinajstić information content (AvgIpc) is 3.65. The Labute approximate surface area is 251 Å². The van der Waals surface area contributed by atoms with Crippen molar-refractivity contribution < 1.29 is 27.5 Å². The Bertz CT molecular complexity index is 1530. The number of benzene rings is 3. The molecule has 1 unspecified atom stereocenters. The van der Waals surface area contributed by atoms with Crippen LogP contribution in [0.2, 0.25) is 5.02 Å². The average molecular weight is 612 g/mol. The fourth-order valence-electron chi connectivity index (χ4n) is 5.41. The second-order valence-corrected chi connectivity index (χ2v) is 13.0. The second kappa shape index (κ2) is 13.0. The fourth-order valence-corrected chi connectivity index (χ4v) is 6.46. The van der Waals surface area contributed by atoms with Crippen LogP contribution in [0.25, 0.3) is 0 Å². The number of nitrogens with zero attached hydrogens (tertiary/aromatic N) is 2. The van der Waals surface area contributed by atoms with Gasteiger partial charge < -0.3 is 19.7 Å². The zero-order chi connectivity index (χ0) is 29.7. The molecule has 1 fully saturated rings. The third-order valence-corrected chi connectivity index (χ3v) is 8.91. The zero-order valence-electron chi connectivity index (χ0n) is 23.4. The number of ether oxygens (including phenoxy) is 2. The summed E-state index contributed by atoms with van der Waals surface area (Å²) in [6, 6.07) is 20.4. The van der Waals surface area contributed by atoms with E-state index in [2.05, 4.69) is 5.32 Å². The molecule has 3 aromatic carbocycles. The van der Waals surface area contributed by atoms with Crippen LogP contribution in [0.3, 0.4) is 0 Å². The first-order valence-electron chi connectivity index (χ1n) is 13.9. The lowest BCUT2D eigenvalue weighted by molar-refractivity contribution is -0.140. The van der Waals surface area contributed by atoms with E-state index < -0.39 is 28.5 Å². The van der Waals surface area contributed by atoms with E-state index in [0.29, 0.717) is 16.5 Å². The largest absolute Gasteiger partial charge is 0.454 e. The van der Waals surface area contributed by atoms with Crippen LogP contribution in [0.15, 0.2) is 72.8 Å². The van der Waals surface area contributed by atoms with Crippen molar-refractivity contribution in [2.75, 3.05) is 23.9 Å². The molecule has 0 spiro atoms. The Hall–Kier alpha value is -3.76. The minimum Gasteiger partial charge on any atom is -0.454 e. The molecule has 1 aliphatic heterocycles. The number of carbonyl (C=O) groups excluding carboxylic acids is 2. The lowest BCUT2D eigenvalue weighted by Gasteiger charge is -2.34. The third kappa shape index (κ3) is 7.35. The maximum Gasteiger partial charge on any atom is 0.244 e. The van der Waals surface area contributed by atoms with Crippen molar-refractivity contribution in [2.24, 2.45) is 0 Å². The number of sulfonamides is 1. The molecule has 0 bridgehead atoms. The molecular formula is C31H34ClN3O6S. The summed E-state index contributed by atoms with van der Waals surface area (Å²) in [5.41, 5.74) is 1.85. The van der Waals surface area contributed by atoms with Crippen LogP contribution in [0.4, 0.5) is 5.69 Å². The van der Waals surface area contributed by atoms with Gasteiger partial charge in [-0.1, -0.05) is 66.9 Å². The molecule has 2 aliphatic rings. The van der Waals surface area contributed by atoms with Crippen molar-refractivity contribution >= 4 is 39.1 Å². The molecule has 1 atom stereocenters. The van der Waals surface area contributed by atoms with Crippen molar-refractivity contribution in [3.8, 4) is 11.5 Å². The van der Waals surface area contributed by atoms with E-state index >= 15 is 0 Å². The molecule has 2 amide bonds. The third-order valence-electron chi connectivity index (χ3n) is 7.54. The predicted molar refractivity (Wildman–Crippen MR) is 161 cm³/mol. The molecule has 1 aliphatic carbocycles. The Morgan fingerprint density at radius 2 is 1.67 bits per heavy atom. The molecule has 1 N–H and O–H groups in total. The van der Waals surface area contributed by atoms with Crippen LogP contribution in [0, 0.1) is 0 Å². The van der Waals surface area contributed by atoms with E-state index in [1.54, 1.807) is 30.3 Å². The monoisotopic (exact) mass is 611 g/mol. The highest BCUT2D eigenvalue weighted by atomic mass is 35.5. The number of halogens is 1. The summed E-state index contributed by atoms with van der Waals surface area (Å²) in [4.78, 5) is 29.6. The second-order valence-electron chi connectivity index (χ2n) is 10.7. The van der Waals surface area contributed by atoms with Gasteiger partial charge in [-0.05, 0) is 48.2 Å². The van der Waals surface area contributed by atoms with Crippen molar-refractivity contribution in [2.45, 2.75) is 50.7 Å². The van der Waals surface area contributed by atoms with Gasteiger partial charge in [-0.15, -0.1) is 0 Å². The Morgan fingerprint density at radius 1 is 0.952 bits per heavy atom. The number of rotatable bonds is 11. The highest BCUT2D eigenvalue weighted by Gasteiger charge is 2.34. The van der Waals surface area contributed by atoms with Gasteiger partial charge in [-0.25, -0.2) is 8.42 Å². The molecule has 42 heavy (non-hydrogen) atoms. The minimum atomic E-state index is -3.90. The topological polar surface area (TPSA) is 105 Å². The van der Waals surface area contributed by atoms with Crippen LogP contribution < -0.4 is 19.1 Å². The number of nitrogens with one attached hydrogen (secondary N) is 1. The molecule has 5 rings (SSSR count). The van der Waals surface area contributed by atoms with Gasteiger partial charge in [0, 0.05) is 30.1 Å². The molecule has 3 aromatic rings. The number of amides is 2. The van der Waals surface area contributed by atoms with Gasteiger partial charge in [0.25, 0.3) is 0 Å². The SMILES string of the molecule is CS(=O)(=O)N(CC(=O)N(Cc1cccc(Cl)c1)C(Cc1ccccc1)C(=O)NC1CCCC1)c1ccc2c(c1)OCO2. The van der Waals surface area contributed by atoms with E-state index in [1.807, 2.05) is 36.4 Å². The summed E-state index contributed by atoms with van der Waals surface area (Å²) >= 11 is 6.27. The molecule has 11 heteroatoms. The predicted octanol–water partition coefficient (Wildman–Crippen LogP) is 4.53. The van der Waals surface area contributed by atoms with E-state index in [-0.39, 0.29) is 37.4 Å². The molecule has 9 nitrogen and oxygen atoms in total. The van der Waals surface area contributed by atoms with Gasteiger partial charge in [0.2, 0.25) is 28.6 Å². The van der Waals surface area contributed by atoms with Gasteiger partial charge in [0.15, 0.2) is 11.5 Å². The van der Waals surface area contributed by atoms with Crippen LogP contribution >= 0.6 is 11.6 Å². The number of hydrogen-bond acceptors (Lipinski definition) is 6. The maximum atomic E-state index is 14.2. The van der Waals surface area contributed by atoms with Crippen LogP contribution in [0.5, 0.6) is 11.5 Å². The van der Waals surface area contributed by atoms with Crippen LogP contribution in [0.1, 0.15) is 36.8 Å². The molecule has 0 aromatic heterocycles. The molecule has 0 radical (unpaired) electrons. The molecule has 222 valence electrons. The van der Waals surface area contributed by atoms with Gasteiger partial charge in [-0.2, -0.15) is 0 Å². The van der Waals surface area contributed by atoms with Crippen molar-refractivity contribution in [3.63, 3.8) is 0 Å². The smallest absolute Gasteiger partial charge is 0.244 e. The first-order valence-corrected chi connectivity index (χ1v) is 16.2. The highest BCUT2D eigenvalue weighted by molar-refractivity contribution is 7.92.